The van der Waals surface area contributed by atoms with E-state index in [2.05, 4.69) is 15.6 Å². The van der Waals surface area contributed by atoms with Gasteiger partial charge in [-0.3, -0.25) is 14.6 Å². The molecule has 0 amide bonds. The molecule has 1 heterocycles. The molecule has 5 heteroatoms. The number of anilines is 3. The SMILES string of the molecule is Cc1cccc(CNc2c(Nc3ccncc3)c(=O)c2=O)c1. The Morgan fingerprint density at radius 1 is 1.00 bits per heavy atom. The number of nitrogens with one attached hydrogen (secondary N) is 2. The average Bonchev–Trinajstić information content (AvgIpc) is 2.54. The standard InChI is InChI=1S/C17H15N3O2/c1-11-3-2-4-12(9-11)10-19-14-15(17(22)16(14)21)20-13-5-7-18-8-6-13/h2-9,19H,10H2,1H3,(H,18,20). The number of hydrogen-bond acceptors (Lipinski definition) is 5. The van der Waals surface area contributed by atoms with E-state index in [-0.39, 0.29) is 0 Å². The fourth-order valence-corrected chi connectivity index (χ4v) is 2.27. The van der Waals surface area contributed by atoms with E-state index >= 15 is 0 Å². The lowest BCUT2D eigenvalue weighted by Gasteiger charge is -2.15. The minimum Gasteiger partial charge on any atom is -0.376 e. The first kappa shape index (κ1) is 14.0. The number of aryl methyl sites for hydroxylation is 1. The highest BCUT2D eigenvalue weighted by molar-refractivity contribution is 5.78. The van der Waals surface area contributed by atoms with E-state index in [4.69, 9.17) is 0 Å². The lowest BCUT2D eigenvalue weighted by atomic mass is 10.1. The maximum absolute atomic E-state index is 11.7. The molecule has 0 aliphatic heterocycles. The zero-order chi connectivity index (χ0) is 15.5. The molecule has 2 aromatic carbocycles. The van der Waals surface area contributed by atoms with Crippen LogP contribution < -0.4 is 21.5 Å². The molecule has 0 unspecified atom stereocenters. The predicted molar refractivity (Wildman–Crippen MR) is 87.4 cm³/mol. The maximum Gasteiger partial charge on any atom is 0.253 e. The van der Waals surface area contributed by atoms with Crippen molar-refractivity contribution in [1.82, 2.24) is 4.98 Å². The van der Waals surface area contributed by atoms with Crippen LogP contribution in [0.5, 0.6) is 0 Å². The first-order valence-electron chi connectivity index (χ1n) is 6.95. The van der Waals surface area contributed by atoms with Gasteiger partial charge in [-0.2, -0.15) is 0 Å². The zero-order valence-corrected chi connectivity index (χ0v) is 12.1. The first-order chi connectivity index (χ1) is 10.6. The molecule has 110 valence electrons. The molecule has 0 atom stereocenters. The van der Waals surface area contributed by atoms with Crippen LogP contribution in [0.15, 0.2) is 58.4 Å². The normalized spacial score (nSPS) is 10.6. The van der Waals surface area contributed by atoms with Crippen LogP contribution in [0.25, 0.3) is 0 Å². The summed E-state index contributed by atoms with van der Waals surface area (Å²) in [6, 6.07) is 11.5. The first-order valence-corrected chi connectivity index (χ1v) is 6.95. The molecule has 5 nitrogen and oxygen atoms in total. The highest BCUT2D eigenvalue weighted by Crippen LogP contribution is 2.20. The molecule has 22 heavy (non-hydrogen) atoms. The van der Waals surface area contributed by atoms with Crippen LogP contribution in [0.4, 0.5) is 17.1 Å². The fourth-order valence-electron chi connectivity index (χ4n) is 2.27. The van der Waals surface area contributed by atoms with Gasteiger partial charge in [0.25, 0.3) is 10.9 Å². The molecule has 0 bridgehead atoms. The number of rotatable bonds is 5. The molecule has 0 saturated heterocycles. The minimum atomic E-state index is -0.497. The van der Waals surface area contributed by atoms with Crippen LogP contribution in [0.3, 0.4) is 0 Å². The Kier molecular flexibility index (Phi) is 3.70. The quantitative estimate of drug-likeness (QED) is 0.707. The lowest BCUT2D eigenvalue weighted by Crippen LogP contribution is -2.36. The van der Waals surface area contributed by atoms with Gasteiger partial charge < -0.3 is 10.6 Å². The molecule has 0 aliphatic rings. The second kappa shape index (κ2) is 5.81. The Hall–Kier alpha value is -2.95. The largest absolute Gasteiger partial charge is 0.376 e. The van der Waals surface area contributed by atoms with Gasteiger partial charge in [-0.15, -0.1) is 0 Å². The number of aromatic nitrogens is 1. The van der Waals surface area contributed by atoms with E-state index in [1.807, 2.05) is 31.2 Å². The van der Waals surface area contributed by atoms with Gasteiger partial charge in [0, 0.05) is 24.6 Å². The second-order valence-corrected chi connectivity index (χ2v) is 5.11. The molecule has 3 aromatic rings. The van der Waals surface area contributed by atoms with Gasteiger partial charge in [-0.25, -0.2) is 0 Å². The summed E-state index contributed by atoms with van der Waals surface area (Å²) in [7, 11) is 0. The number of nitrogens with zero attached hydrogens (tertiary/aromatic N) is 1. The second-order valence-electron chi connectivity index (χ2n) is 5.11. The lowest BCUT2D eigenvalue weighted by molar-refractivity contribution is 1.12. The molecule has 0 spiro atoms. The minimum absolute atomic E-state index is 0.309. The van der Waals surface area contributed by atoms with Gasteiger partial charge in [-0.1, -0.05) is 29.8 Å². The summed E-state index contributed by atoms with van der Waals surface area (Å²) in [5.41, 5.74) is 2.60. The van der Waals surface area contributed by atoms with Crippen molar-refractivity contribution < 1.29 is 0 Å². The van der Waals surface area contributed by atoms with Crippen molar-refractivity contribution in [1.29, 1.82) is 0 Å². The van der Waals surface area contributed by atoms with Gasteiger partial charge in [0.15, 0.2) is 0 Å². The Morgan fingerprint density at radius 2 is 1.73 bits per heavy atom. The van der Waals surface area contributed by atoms with Crippen LogP contribution in [-0.2, 0) is 6.54 Å². The van der Waals surface area contributed by atoms with Crippen LogP contribution in [0.1, 0.15) is 11.1 Å². The van der Waals surface area contributed by atoms with Gasteiger partial charge in [0.1, 0.15) is 11.4 Å². The van der Waals surface area contributed by atoms with Gasteiger partial charge in [0.2, 0.25) is 0 Å². The number of pyridine rings is 1. The van der Waals surface area contributed by atoms with Gasteiger partial charge >= 0.3 is 0 Å². The molecule has 2 N–H and O–H groups in total. The molecule has 3 rings (SSSR count). The van der Waals surface area contributed by atoms with Crippen LogP contribution in [-0.4, -0.2) is 4.98 Å². The third-order valence-electron chi connectivity index (χ3n) is 3.41. The molecule has 0 aliphatic carbocycles. The summed E-state index contributed by atoms with van der Waals surface area (Å²) in [6.07, 6.45) is 3.24. The van der Waals surface area contributed by atoms with E-state index < -0.39 is 10.9 Å². The summed E-state index contributed by atoms with van der Waals surface area (Å²) in [4.78, 5) is 27.4. The highest BCUT2D eigenvalue weighted by Gasteiger charge is 2.20. The summed E-state index contributed by atoms with van der Waals surface area (Å²) in [5, 5.41) is 6.01. The molecular formula is C17H15N3O2. The van der Waals surface area contributed by atoms with Crippen LogP contribution >= 0.6 is 0 Å². The van der Waals surface area contributed by atoms with Crippen molar-refractivity contribution in [3.8, 4) is 0 Å². The third-order valence-corrected chi connectivity index (χ3v) is 3.41. The zero-order valence-electron chi connectivity index (χ0n) is 12.1. The molecular weight excluding hydrogens is 278 g/mol. The van der Waals surface area contributed by atoms with E-state index in [1.165, 1.54) is 0 Å². The Balaban J connectivity index is 1.76. The fraction of sp³-hybridized carbons (Fsp3) is 0.118. The molecule has 0 fully saturated rings. The Bertz CT molecular complexity index is 865. The van der Waals surface area contributed by atoms with E-state index in [9.17, 15) is 9.59 Å². The smallest absolute Gasteiger partial charge is 0.253 e. The van der Waals surface area contributed by atoms with Crippen LogP contribution in [0, 0.1) is 6.92 Å². The Morgan fingerprint density at radius 3 is 2.45 bits per heavy atom. The van der Waals surface area contributed by atoms with Crippen molar-refractivity contribution in [3.05, 3.63) is 80.4 Å². The van der Waals surface area contributed by atoms with Crippen molar-refractivity contribution in [2.24, 2.45) is 0 Å². The molecule has 0 radical (unpaired) electrons. The highest BCUT2D eigenvalue weighted by atomic mass is 16.2. The topological polar surface area (TPSA) is 71.1 Å². The van der Waals surface area contributed by atoms with Crippen molar-refractivity contribution in [2.45, 2.75) is 13.5 Å². The van der Waals surface area contributed by atoms with Crippen LogP contribution in [0.2, 0.25) is 0 Å². The van der Waals surface area contributed by atoms with E-state index in [0.717, 1.165) is 16.8 Å². The number of hydrogen-bond donors (Lipinski definition) is 2. The Labute approximate surface area is 127 Å². The van der Waals surface area contributed by atoms with Crippen molar-refractivity contribution in [3.63, 3.8) is 0 Å². The summed E-state index contributed by atoms with van der Waals surface area (Å²) in [6.45, 7) is 2.51. The van der Waals surface area contributed by atoms with Crippen molar-refractivity contribution in [2.75, 3.05) is 10.6 Å². The summed E-state index contributed by atoms with van der Waals surface area (Å²) in [5.74, 6) is 0. The predicted octanol–water partition coefficient (Wildman–Crippen LogP) is 2.34. The summed E-state index contributed by atoms with van der Waals surface area (Å²) < 4.78 is 0. The monoisotopic (exact) mass is 293 g/mol. The maximum atomic E-state index is 11.7. The van der Waals surface area contributed by atoms with E-state index in [1.54, 1.807) is 24.5 Å². The van der Waals surface area contributed by atoms with Gasteiger partial charge in [0.05, 0.1) is 0 Å². The van der Waals surface area contributed by atoms with Gasteiger partial charge in [-0.05, 0) is 24.6 Å². The average molecular weight is 293 g/mol. The molecule has 0 saturated carbocycles. The summed E-state index contributed by atoms with van der Waals surface area (Å²) >= 11 is 0. The third kappa shape index (κ3) is 2.74. The van der Waals surface area contributed by atoms with Crippen molar-refractivity contribution >= 4 is 17.1 Å². The van der Waals surface area contributed by atoms with E-state index in [0.29, 0.717) is 17.9 Å². The molecule has 1 aromatic heterocycles. The number of benzene rings is 1.